The van der Waals surface area contributed by atoms with Gasteiger partial charge < -0.3 is 4.90 Å². The first-order chi connectivity index (χ1) is 9.22. The average Bonchev–Trinajstić information content (AvgIpc) is 2.86. The van der Waals surface area contributed by atoms with Crippen molar-refractivity contribution in [2.45, 2.75) is 33.1 Å². The summed E-state index contributed by atoms with van der Waals surface area (Å²) in [7, 11) is 0. The van der Waals surface area contributed by atoms with E-state index in [2.05, 4.69) is 20.9 Å². The lowest BCUT2D eigenvalue weighted by Gasteiger charge is -2.28. The normalized spacial score (nSPS) is 15.8. The fourth-order valence-corrected chi connectivity index (χ4v) is 3.01. The van der Waals surface area contributed by atoms with Crippen molar-refractivity contribution in [1.29, 1.82) is 0 Å². The van der Waals surface area contributed by atoms with Crippen LogP contribution in [0.3, 0.4) is 0 Å². The van der Waals surface area contributed by atoms with E-state index in [1.807, 2.05) is 19.2 Å². The van der Waals surface area contributed by atoms with Crippen LogP contribution < -0.4 is 4.90 Å². The van der Waals surface area contributed by atoms with Crippen LogP contribution in [-0.4, -0.2) is 28.0 Å². The van der Waals surface area contributed by atoms with E-state index in [1.54, 1.807) is 11.3 Å². The maximum Gasteiger partial charge on any atom is 0.181 e. The standard InChI is InChI=1S/C14H18N4S/c1-10-8-13(18-6-4-3-5-7-18)17-14(15-10)12-9-19-11(2)16-12/h8-9H,3-7H2,1-2H3. The maximum absolute atomic E-state index is 4.70. The summed E-state index contributed by atoms with van der Waals surface area (Å²) in [5, 5.41) is 3.09. The molecule has 2 aromatic heterocycles. The Bertz CT molecular complexity index is 573. The summed E-state index contributed by atoms with van der Waals surface area (Å²) < 4.78 is 0. The van der Waals surface area contributed by atoms with Crippen LogP contribution in [0.25, 0.3) is 11.5 Å². The van der Waals surface area contributed by atoms with Crippen molar-refractivity contribution in [3.63, 3.8) is 0 Å². The van der Waals surface area contributed by atoms with Gasteiger partial charge in [0, 0.05) is 30.2 Å². The van der Waals surface area contributed by atoms with Crippen molar-refractivity contribution >= 4 is 17.2 Å². The molecule has 0 unspecified atom stereocenters. The first-order valence-corrected chi connectivity index (χ1v) is 7.63. The van der Waals surface area contributed by atoms with Gasteiger partial charge in [-0.05, 0) is 33.1 Å². The zero-order valence-electron chi connectivity index (χ0n) is 11.4. The minimum Gasteiger partial charge on any atom is -0.356 e. The van der Waals surface area contributed by atoms with Crippen LogP contribution in [0.1, 0.15) is 30.0 Å². The minimum absolute atomic E-state index is 0.755. The first-order valence-electron chi connectivity index (χ1n) is 6.75. The summed E-state index contributed by atoms with van der Waals surface area (Å²) in [5.74, 6) is 1.80. The van der Waals surface area contributed by atoms with Crippen LogP contribution in [0.15, 0.2) is 11.4 Å². The molecule has 1 aliphatic heterocycles. The SMILES string of the molecule is Cc1cc(N2CCCCC2)nc(-c2csc(C)n2)n1. The molecule has 1 fully saturated rings. The molecule has 0 N–H and O–H groups in total. The predicted molar refractivity (Wildman–Crippen MR) is 78.7 cm³/mol. The number of nitrogens with zero attached hydrogens (tertiary/aromatic N) is 4. The second-order valence-corrected chi connectivity index (χ2v) is 6.05. The minimum atomic E-state index is 0.755. The first kappa shape index (κ1) is 12.5. The van der Waals surface area contributed by atoms with E-state index in [4.69, 9.17) is 4.98 Å². The largest absolute Gasteiger partial charge is 0.356 e. The molecule has 0 aliphatic carbocycles. The van der Waals surface area contributed by atoms with E-state index in [9.17, 15) is 0 Å². The number of hydrogen-bond donors (Lipinski definition) is 0. The number of hydrogen-bond acceptors (Lipinski definition) is 5. The van der Waals surface area contributed by atoms with Crippen LogP contribution in [0.2, 0.25) is 0 Å². The lowest BCUT2D eigenvalue weighted by Crippen LogP contribution is -2.30. The lowest BCUT2D eigenvalue weighted by atomic mass is 10.1. The fourth-order valence-electron chi connectivity index (χ4n) is 2.42. The molecule has 0 atom stereocenters. The van der Waals surface area contributed by atoms with Gasteiger partial charge in [-0.2, -0.15) is 0 Å². The number of rotatable bonds is 2. The highest BCUT2D eigenvalue weighted by molar-refractivity contribution is 7.09. The van der Waals surface area contributed by atoms with Gasteiger partial charge in [-0.15, -0.1) is 11.3 Å². The highest BCUT2D eigenvalue weighted by Gasteiger charge is 2.15. The van der Waals surface area contributed by atoms with Gasteiger partial charge >= 0.3 is 0 Å². The quantitative estimate of drug-likeness (QED) is 0.843. The Balaban J connectivity index is 1.95. The van der Waals surface area contributed by atoms with Crippen molar-refractivity contribution in [1.82, 2.24) is 15.0 Å². The van der Waals surface area contributed by atoms with Gasteiger partial charge in [0.2, 0.25) is 0 Å². The second kappa shape index (κ2) is 5.25. The van der Waals surface area contributed by atoms with Crippen molar-refractivity contribution in [2.75, 3.05) is 18.0 Å². The molecule has 100 valence electrons. The van der Waals surface area contributed by atoms with E-state index in [-0.39, 0.29) is 0 Å². The Morgan fingerprint density at radius 2 is 1.84 bits per heavy atom. The van der Waals surface area contributed by atoms with Gasteiger partial charge in [0.05, 0.1) is 5.01 Å². The van der Waals surface area contributed by atoms with Crippen molar-refractivity contribution in [2.24, 2.45) is 0 Å². The molecule has 19 heavy (non-hydrogen) atoms. The molecule has 0 bridgehead atoms. The van der Waals surface area contributed by atoms with Crippen LogP contribution >= 0.6 is 11.3 Å². The Morgan fingerprint density at radius 3 is 2.53 bits per heavy atom. The van der Waals surface area contributed by atoms with E-state index in [0.29, 0.717) is 0 Å². The zero-order valence-corrected chi connectivity index (χ0v) is 12.2. The molecule has 0 aromatic carbocycles. The molecular weight excluding hydrogens is 256 g/mol. The Kier molecular flexibility index (Phi) is 3.46. The van der Waals surface area contributed by atoms with Crippen LogP contribution in [0.4, 0.5) is 5.82 Å². The number of aryl methyl sites for hydroxylation is 2. The summed E-state index contributed by atoms with van der Waals surface area (Å²) in [6.07, 6.45) is 3.85. The second-order valence-electron chi connectivity index (χ2n) is 4.99. The van der Waals surface area contributed by atoms with Crippen molar-refractivity contribution in [3.8, 4) is 11.5 Å². The van der Waals surface area contributed by atoms with Crippen molar-refractivity contribution in [3.05, 3.63) is 22.1 Å². The molecule has 0 radical (unpaired) electrons. The summed E-state index contributed by atoms with van der Waals surface area (Å²) >= 11 is 1.64. The summed E-state index contributed by atoms with van der Waals surface area (Å²) in [6, 6.07) is 2.08. The Hall–Kier alpha value is -1.49. The molecule has 3 heterocycles. The van der Waals surface area contributed by atoms with Crippen LogP contribution in [0, 0.1) is 13.8 Å². The van der Waals surface area contributed by atoms with Gasteiger partial charge in [-0.3, -0.25) is 0 Å². The third-order valence-electron chi connectivity index (χ3n) is 3.37. The van der Waals surface area contributed by atoms with Crippen LogP contribution in [0.5, 0.6) is 0 Å². The molecule has 0 amide bonds. The Morgan fingerprint density at radius 1 is 1.05 bits per heavy atom. The molecule has 2 aromatic rings. The van der Waals surface area contributed by atoms with E-state index >= 15 is 0 Å². The average molecular weight is 274 g/mol. The number of piperidine rings is 1. The number of thiazole rings is 1. The molecule has 3 rings (SSSR count). The number of anilines is 1. The summed E-state index contributed by atoms with van der Waals surface area (Å²) in [5.41, 5.74) is 1.90. The molecule has 1 aliphatic rings. The van der Waals surface area contributed by atoms with Gasteiger partial charge in [0.1, 0.15) is 11.5 Å². The highest BCUT2D eigenvalue weighted by Crippen LogP contribution is 2.23. The number of aromatic nitrogens is 3. The lowest BCUT2D eigenvalue weighted by molar-refractivity contribution is 0.573. The van der Waals surface area contributed by atoms with Gasteiger partial charge in [-0.25, -0.2) is 15.0 Å². The van der Waals surface area contributed by atoms with Gasteiger partial charge in [-0.1, -0.05) is 0 Å². The molecule has 5 heteroatoms. The molecule has 0 saturated carbocycles. The summed E-state index contributed by atoms with van der Waals surface area (Å²) in [6.45, 7) is 6.24. The molecule has 0 spiro atoms. The third kappa shape index (κ3) is 2.76. The third-order valence-corrected chi connectivity index (χ3v) is 4.14. The Labute approximate surface area is 117 Å². The maximum atomic E-state index is 4.70. The smallest absolute Gasteiger partial charge is 0.181 e. The molecule has 1 saturated heterocycles. The molecule has 4 nitrogen and oxygen atoms in total. The van der Waals surface area contributed by atoms with E-state index in [0.717, 1.165) is 41.1 Å². The topological polar surface area (TPSA) is 41.9 Å². The van der Waals surface area contributed by atoms with E-state index < -0.39 is 0 Å². The monoisotopic (exact) mass is 274 g/mol. The summed E-state index contributed by atoms with van der Waals surface area (Å²) in [4.78, 5) is 16.1. The fraction of sp³-hybridized carbons (Fsp3) is 0.500. The van der Waals surface area contributed by atoms with Gasteiger partial charge in [0.15, 0.2) is 5.82 Å². The highest BCUT2D eigenvalue weighted by atomic mass is 32.1. The van der Waals surface area contributed by atoms with Gasteiger partial charge in [0.25, 0.3) is 0 Å². The zero-order chi connectivity index (χ0) is 13.2. The van der Waals surface area contributed by atoms with E-state index in [1.165, 1.54) is 19.3 Å². The molecular formula is C14H18N4S. The predicted octanol–water partition coefficient (Wildman–Crippen LogP) is 3.21. The van der Waals surface area contributed by atoms with Crippen LogP contribution in [-0.2, 0) is 0 Å². The van der Waals surface area contributed by atoms with Crippen molar-refractivity contribution < 1.29 is 0 Å².